The first kappa shape index (κ1) is 15.7. The minimum Gasteiger partial charge on any atom is -0.381 e. The van der Waals surface area contributed by atoms with Gasteiger partial charge in [-0.15, -0.1) is 0 Å². The molecule has 22 heavy (non-hydrogen) atoms. The lowest BCUT2D eigenvalue weighted by atomic mass is 10.1. The summed E-state index contributed by atoms with van der Waals surface area (Å²) in [6.07, 6.45) is 1.24. The first-order chi connectivity index (χ1) is 10.6. The average molecular weight is 317 g/mol. The normalized spacial score (nSPS) is 24.0. The van der Waals surface area contributed by atoms with Crippen LogP contribution >= 0.6 is 0 Å². The highest BCUT2D eigenvalue weighted by molar-refractivity contribution is 5.19. The quantitative estimate of drug-likeness (QED) is 0.864. The van der Waals surface area contributed by atoms with Crippen molar-refractivity contribution in [2.75, 3.05) is 26.4 Å². The molecule has 0 radical (unpaired) electrons. The van der Waals surface area contributed by atoms with Gasteiger partial charge in [0.1, 0.15) is 5.82 Å². The Kier molecular flexibility index (Phi) is 4.67. The Labute approximate surface area is 126 Å². The molecule has 7 heteroatoms. The van der Waals surface area contributed by atoms with Crippen LogP contribution in [0.2, 0.25) is 0 Å². The molecule has 0 aliphatic carbocycles. The fourth-order valence-corrected chi connectivity index (χ4v) is 2.73. The lowest BCUT2D eigenvalue weighted by Crippen LogP contribution is -2.39. The van der Waals surface area contributed by atoms with Crippen molar-refractivity contribution in [1.29, 1.82) is 0 Å². The van der Waals surface area contributed by atoms with Crippen molar-refractivity contribution in [3.63, 3.8) is 0 Å². The first-order valence-electron chi connectivity index (χ1n) is 7.32. The molecule has 122 valence electrons. The van der Waals surface area contributed by atoms with Gasteiger partial charge in [0.05, 0.1) is 25.9 Å². The molecular weight excluding hydrogens is 299 g/mol. The molecule has 0 amide bonds. The van der Waals surface area contributed by atoms with Crippen LogP contribution in [0.15, 0.2) is 12.1 Å². The number of rotatable bonds is 4. The van der Waals surface area contributed by atoms with E-state index in [4.69, 9.17) is 14.2 Å². The lowest BCUT2D eigenvalue weighted by Gasteiger charge is -2.31. The maximum atomic E-state index is 13.5. The largest absolute Gasteiger partial charge is 0.381 e. The number of ether oxygens (including phenoxy) is 3. The molecule has 2 saturated heterocycles. The SMILES string of the molecule is Fc1cc(F)c(CNC[C@H]2COC3(CCOCC3)O2)cc1F. The van der Waals surface area contributed by atoms with Gasteiger partial charge in [0.2, 0.25) is 0 Å². The van der Waals surface area contributed by atoms with Crippen molar-refractivity contribution >= 4 is 0 Å². The summed E-state index contributed by atoms with van der Waals surface area (Å²) in [5.74, 6) is -3.57. The fraction of sp³-hybridized carbons (Fsp3) is 0.600. The van der Waals surface area contributed by atoms with Gasteiger partial charge in [-0.1, -0.05) is 0 Å². The van der Waals surface area contributed by atoms with E-state index < -0.39 is 23.2 Å². The van der Waals surface area contributed by atoms with Gasteiger partial charge in [-0.3, -0.25) is 0 Å². The zero-order chi connectivity index (χ0) is 15.6. The van der Waals surface area contributed by atoms with Crippen molar-refractivity contribution in [1.82, 2.24) is 5.32 Å². The molecule has 2 aliphatic heterocycles. The van der Waals surface area contributed by atoms with Crippen LogP contribution in [0.3, 0.4) is 0 Å². The van der Waals surface area contributed by atoms with Gasteiger partial charge in [0, 0.05) is 37.6 Å². The fourth-order valence-electron chi connectivity index (χ4n) is 2.73. The number of hydrogen-bond acceptors (Lipinski definition) is 4. The van der Waals surface area contributed by atoms with Gasteiger partial charge in [-0.25, -0.2) is 13.2 Å². The topological polar surface area (TPSA) is 39.7 Å². The lowest BCUT2D eigenvalue weighted by molar-refractivity contribution is -0.210. The second kappa shape index (κ2) is 6.54. The Morgan fingerprint density at radius 3 is 2.59 bits per heavy atom. The van der Waals surface area contributed by atoms with E-state index in [1.165, 1.54) is 0 Å². The van der Waals surface area contributed by atoms with Crippen molar-refractivity contribution < 1.29 is 27.4 Å². The Bertz CT molecular complexity index is 535. The summed E-state index contributed by atoms with van der Waals surface area (Å²) >= 11 is 0. The summed E-state index contributed by atoms with van der Waals surface area (Å²) in [6, 6.07) is 1.42. The summed E-state index contributed by atoms with van der Waals surface area (Å²) in [4.78, 5) is 0. The van der Waals surface area contributed by atoms with E-state index in [-0.39, 0.29) is 18.2 Å². The maximum Gasteiger partial charge on any atom is 0.173 e. The van der Waals surface area contributed by atoms with Crippen molar-refractivity contribution in [2.24, 2.45) is 0 Å². The van der Waals surface area contributed by atoms with Gasteiger partial charge in [-0.05, 0) is 6.07 Å². The van der Waals surface area contributed by atoms with E-state index in [2.05, 4.69) is 5.32 Å². The highest BCUT2D eigenvalue weighted by atomic mass is 19.2. The molecule has 2 fully saturated rings. The van der Waals surface area contributed by atoms with E-state index in [0.717, 1.165) is 6.07 Å². The predicted molar refractivity (Wildman–Crippen MR) is 71.6 cm³/mol. The molecule has 1 aromatic rings. The molecular formula is C15H18F3NO3. The molecule has 0 aromatic heterocycles. The van der Waals surface area contributed by atoms with Crippen LogP contribution in [0.25, 0.3) is 0 Å². The van der Waals surface area contributed by atoms with Crippen LogP contribution in [0.4, 0.5) is 13.2 Å². The van der Waals surface area contributed by atoms with Crippen LogP contribution in [-0.4, -0.2) is 38.3 Å². The third-order valence-electron chi connectivity index (χ3n) is 3.95. The van der Waals surface area contributed by atoms with Crippen LogP contribution in [0.5, 0.6) is 0 Å². The van der Waals surface area contributed by atoms with Crippen LogP contribution in [0, 0.1) is 17.5 Å². The van der Waals surface area contributed by atoms with Crippen LogP contribution in [-0.2, 0) is 20.8 Å². The van der Waals surface area contributed by atoms with E-state index in [1.807, 2.05) is 0 Å². The van der Waals surface area contributed by atoms with Crippen LogP contribution in [0.1, 0.15) is 18.4 Å². The Balaban J connectivity index is 1.49. The molecule has 1 spiro atoms. The number of benzene rings is 1. The third-order valence-corrected chi connectivity index (χ3v) is 3.95. The zero-order valence-electron chi connectivity index (χ0n) is 12.0. The molecule has 0 saturated carbocycles. The molecule has 0 bridgehead atoms. The first-order valence-corrected chi connectivity index (χ1v) is 7.32. The molecule has 2 aliphatic rings. The summed E-state index contributed by atoms with van der Waals surface area (Å²) < 4.78 is 56.4. The second-order valence-electron chi connectivity index (χ2n) is 5.56. The van der Waals surface area contributed by atoms with Gasteiger partial charge in [0.15, 0.2) is 17.4 Å². The molecule has 1 N–H and O–H groups in total. The van der Waals surface area contributed by atoms with Gasteiger partial charge in [0.25, 0.3) is 0 Å². The number of halogens is 3. The highest BCUT2D eigenvalue weighted by Crippen LogP contribution is 2.32. The Morgan fingerprint density at radius 1 is 1.09 bits per heavy atom. The standard InChI is InChI=1S/C15H18F3NO3/c16-12-6-14(18)13(17)5-10(12)7-19-8-11-9-21-15(22-11)1-3-20-4-2-15/h5-6,11,19H,1-4,7-9H2/t11-/m0/s1. The summed E-state index contributed by atoms with van der Waals surface area (Å²) in [7, 11) is 0. The van der Waals surface area contributed by atoms with Gasteiger partial charge >= 0.3 is 0 Å². The minimum atomic E-state index is -1.18. The predicted octanol–water partition coefficient (Wildman–Crippen LogP) is 2.12. The van der Waals surface area contributed by atoms with E-state index >= 15 is 0 Å². The highest BCUT2D eigenvalue weighted by Gasteiger charge is 2.42. The monoisotopic (exact) mass is 317 g/mol. The molecule has 1 aromatic carbocycles. The van der Waals surface area contributed by atoms with Crippen molar-refractivity contribution in [3.05, 3.63) is 35.1 Å². The van der Waals surface area contributed by atoms with Crippen molar-refractivity contribution in [3.8, 4) is 0 Å². The van der Waals surface area contributed by atoms with Gasteiger partial charge < -0.3 is 19.5 Å². The van der Waals surface area contributed by atoms with Crippen LogP contribution < -0.4 is 5.32 Å². The van der Waals surface area contributed by atoms with E-state index in [1.54, 1.807) is 0 Å². The molecule has 0 unspecified atom stereocenters. The van der Waals surface area contributed by atoms with E-state index in [0.29, 0.717) is 45.3 Å². The molecule has 1 atom stereocenters. The molecule has 4 nitrogen and oxygen atoms in total. The van der Waals surface area contributed by atoms with E-state index in [9.17, 15) is 13.2 Å². The maximum absolute atomic E-state index is 13.5. The molecule has 2 heterocycles. The third kappa shape index (κ3) is 3.43. The van der Waals surface area contributed by atoms with Gasteiger partial charge in [-0.2, -0.15) is 0 Å². The smallest absolute Gasteiger partial charge is 0.173 e. The number of nitrogens with one attached hydrogen (secondary N) is 1. The van der Waals surface area contributed by atoms with Crippen molar-refractivity contribution in [2.45, 2.75) is 31.3 Å². The Morgan fingerprint density at radius 2 is 1.82 bits per heavy atom. The summed E-state index contributed by atoms with van der Waals surface area (Å²) in [5, 5.41) is 2.99. The minimum absolute atomic E-state index is 0.0820. The Hall–Kier alpha value is -1.15. The molecule has 3 rings (SSSR count). The summed E-state index contributed by atoms with van der Waals surface area (Å²) in [6.45, 7) is 2.22. The zero-order valence-corrected chi connectivity index (χ0v) is 12.0. The number of hydrogen-bond donors (Lipinski definition) is 1. The summed E-state index contributed by atoms with van der Waals surface area (Å²) in [5.41, 5.74) is 0.0820. The second-order valence-corrected chi connectivity index (χ2v) is 5.56. The average Bonchev–Trinajstić information content (AvgIpc) is 2.88.